The maximum absolute atomic E-state index is 8.88. The molecule has 0 aromatic heterocycles. The van der Waals surface area contributed by atoms with Gasteiger partial charge in [-0.1, -0.05) is 0 Å². The molecule has 8 heteroatoms. The molecule has 0 aliphatic rings. The van der Waals surface area contributed by atoms with Crippen molar-refractivity contribution in [1.29, 1.82) is 0 Å². The normalized spacial score (nSPS) is 7.38. The van der Waals surface area contributed by atoms with E-state index in [1.54, 1.807) is 0 Å². The number of phosphoric acid groups is 1. The van der Waals surface area contributed by atoms with Gasteiger partial charge >= 0.3 is 26.7 Å². The topological polar surface area (TPSA) is 77.8 Å². The zero-order valence-electron chi connectivity index (χ0n) is 2.77. The molecule has 0 saturated carbocycles. The minimum atomic E-state index is -4.64. The van der Waals surface area contributed by atoms with Gasteiger partial charge in [0.15, 0.2) is 17.4 Å². The first-order valence-corrected chi connectivity index (χ1v) is 2.35. The summed E-state index contributed by atoms with van der Waals surface area (Å²) in [4.78, 5) is 21.6. The Morgan fingerprint density at radius 2 is 1.12 bits per heavy atom. The molecule has 43 valence electrons. The third-order valence-corrected chi connectivity index (χ3v) is 0. The average Bonchev–Trinajstić information content (AvgIpc) is 0.722. The van der Waals surface area contributed by atoms with Crippen LogP contribution in [0.3, 0.4) is 0 Å². The first-order chi connectivity index (χ1) is 2.00. The van der Waals surface area contributed by atoms with Gasteiger partial charge in [-0.15, -0.1) is 0 Å². The van der Waals surface area contributed by atoms with Gasteiger partial charge in [-0.3, -0.25) is 0 Å². The third kappa shape index (κ3) is 78.7. The van der Waals surface area contributed by atoms with Crippen molar-refractivity contribution in [2.75, 3.05) is 0 Å². The molecule has 8 heavy (non-hydrogen) atoms. The molecule has 0 aliphatic heterocycles. The Morgan fingerprint density at radius 3 is 1.12 bits per heavy atom. The van der Waals surface area contributed by atoms with Crippen LogP contribution in [0.25, 0.3) is 0 Å². The van der Waals surface area contributed by atoms with E-state index in [-0.39, 0.29) is 71.8 Å². The predicted molar refractivity (Wildman–Crippen MR) is 31.4 cm³/mol. The quantitative estimate of drug-likeness (QED) is 0.330. The van der Waals surface area contributed by atoms with E-state index in [2.05, 4.69) is 0 Å². The zero-order valence-corrected chi connectivity index (χ0v) is 7.29. The van der Waals surface area contributed by atoms with Crippen molar-refractivity contribution in [2.24, 2.45) is 0 Å². The van der Waals surface area contributed by atoms with Gasteiger partial charge in [0.25, 0.3) is 0 Å². The standard InChI is InChI=1S/Al.La.Li.H3O4P.4H/c;;;1-5(2,3)4;;;;/h;;;(H3,1,2,3,4);;;;. The molecule has 0 rings (SSSR count). The summed E-state index contributed by atoms with van der Waals surface area (Å²) >= 11 is 0. The summed E-state index contributed by atoms with van der Waals surface area (Å²) in [5.74, 6) is 0. The summed E-state index contributed by atoms with van der Waals surface area (Å²) < 4.78 is 8.88. The summed E-state index contributed by atoms with van der Waals surface area (Å²) in [6.45, 7) is 0. The van der Waals surface area contributed by atoms with E-state index < -0.39 is 7.82 Å². The summed E-state index contributed by atoms with van der Waals surface area (Å²) in [7, 11) is -4.64. The molecule has 3 N–H and O–H groups in total. The van der Waals surface area contributed by atoms with Crippen LogP contribution in [0.4, 0.5) is 0 Å². The molecule has 0 aliphatic carbocycles. The molecule has 0 unspecified atom stereocenters. The van der Waals surface area contributed by atoms with E-state index in [1.165, 1.54) is 0 Å². The molecule has 0 heterocycles. The summed E-state index contributed by atoms with van der Waals surface area (Å²) in [5, 5.41) is 0. The predicted octanol–water partition coefficient (Wildman–Crippen LogP) is -2.76. The summed E-state index contributed by atoms with van der Waals surface area (Å²) in [6, 6.07) is 0. The molecule has 0 amide bonds. The van der Waals surface area contributed by atoms with Crippen LogP contribution in [0.15, 0.2) is 0 Å². The fraction of sp³-hybridized carbons (Fsp3) is 0. The Hall–Kier alpha value is 2.43. The van der Waals surface area contributed by atoms with Gasteiger partial charge in [-0.25, -0.2) is 4.57 Å². The fourth-order valence-corrected chi connectivity index (χ4v) is 0. The molecular formula is H7AlLaLiO4P. The van der Waals surface area contributed by atoms with Crippen LogP contribution in [-0.2, 0) is 4.57 Å². The summed E-state index contributed by atoms with van der Waals surface area (Å²) in [6.07, 6.45) is 0. The second-order valence-corrected chi connectivity index (χ2v) is 1.54. The van der Waals surface area contributed by atoms with Crippen LogP contribution in [0.1, 0.15) is 0 Å². The number of hydrogen-bond donors (Lipinski definition) is 3. The Labute approximate surface area is 97.6 Å². The second kappa shape index (κ2) is 9.43. The molecule has 0 spiro atoms. The van der Waals surface area contributed by atoms with Crippen molar-refractivity contribution in [3.63, 3.8) is 0 Å². The molecule has 1 radical (unpaired) electrons. The van der Waals surface area contributed by atoms with Crippen molar-refractivity contribution in [2.45, 2.75) is 0 Å². The molecule has 0 aromatic carbocycles. The first-order valence-electron chi connectivity index (χ1n) is 0.783. The van der Waals surface area contributed by atoms with Crippen molar-refractivity contribution >= 4 is 44.0 Å². The van der Waals surface area contributed by atoms with E-state index in [0.29, 0.717) is 0 Å². The van der Waals surface area contributed by atoms with Gasteiger partial charge in [-0.05, 0) is 0 Å². The number of hydrogen-bond acceptors (Lipinski definition) is 1. The molecule has 0 fully saturated rings. The zero-order chi connectivity index (χ0) is 4.50. The van der Waals surface area contributed by atoms with Gasteiger partial charge < -0.3 is 14.7 Å². The van der Waals surface area contributed by atoms with Crippen LogP contribution in [0.2, 0.25) is 0 Å². The van der Waals surface area contributed by atoms with Crippen molar-refractivity contribution in [3.05, 3.63) is 0 Å². The molecule has 4 nitrogen and oxygen atoms in total. The fourth-order valence-electron chi connectivity index (χ4n) is 0. The van der Waals surface area contributed by atoms with Gasteiger partial charge in [0.2, 0.25) is 0 Å². The Bertz CT molecular complexity index is 62.2. The van der Waals surface area contributed by atoms with E-state index in [0.717, 1.165) is 0 Å². The SMILES string of the molecule is O=P(O)(O)O.[AlH3].[La].[LiH]. The van der Waals surface area contributed by atoms with Gasteiger partial charge in [0.1, 0.15) is 0 Å². The van der Waals surface area contributed by atoms with Crippen LogP contribution in [0, 0.1) is 35.6 Å². The Kier molecular flexibility index (Phi) is 26.5. The van der Waals surface area contributed by atoms with E-state index >= 15 is 0 Å². The summed E-state index contributed by atoms with van der Waals surface area (Å²) in [5.41, 5.74) is 0. The molecular weight excluding hydrogens is 268 g/mol. The minimum absolute atomic E-state index is 0. The van der Waals surface area contributed by atoms with Crippen LogP contribution < -0.4 is 0 Å². The second-order valence-electron chi connectivity index (χ2n) is 0.513. The van der Waals surface area contributed by atoms with Crippen molar-refractivity contribution in [1.82, 2.24) is 0 Å². The first kappa shape index (κ1) is 22.4. The Morgan fingerprint density at radius 1 is 1.12 bits per heavy atom. The molecule has 0 atom stereocenters. The van der Waals surface area contributed by atoms with Gasteiger partial charge in [0.05, 0.1) is 0 Å². The maximum atomic E-state index is 8.88. The van der Waals surface area contributed by atoms with Crippen molar-refractivity contribution in [3.8, 4) is 0 Å². The van der Waals surface area contributed by atoms with Crippen LogP contribution in [0.5, 0.6) is 0 Å². The van der Waals surface area contributed by atoms with Crippen LogP contribution in [-0.4, -0.2) is 50.9 Å². The molecule has 0 bridgehead atoms. The van der Waals surface area contributed by atoms with Gasteiger partial charge in [0, 0.05) is 35.6 Å². The van der Waals surface area contributed by atoms with Gasteiger partial charge in [-0.2, -0.15) is 0 Å². The number of rotatable bonds is 0. The van der Waals surface area contributed by atoms with E-state index in [1.807, 2.05) is 0 Å². The van der Waals surface area contributed by atoms with E-state index in [4.69, 9.17) is 19.2 Å². The molecule has 0 saturated heterocycles. The monoisotopic (exact) mass is 275 g/mol. The van der Waals surface area contributed by atoms with E-state index in [9.17, 15) is 0 Å². The van der Waals surface area contributed by atoms with Crippen molar-refractivity contribution < 1.29 is 54.8 Å². The Balaban J connectivity index is -0.0000000267. The molecule has 0 aromatic rings. The third-order valence-electron chi connectivity index (χ3n) is 0. The average molecular weight is 275 g/mol. The van der Waals surface area contributed by atoms with Crippen LogP contribution >= 0.6 is 7.82 Å².